The van der Waals surface area contributed by atoms with Crippen LogP contribution in [0.1, 0.15) is 35.4 Å². The summed E-state index contributed by atoms with van der Waals surface area (Å²) in [6, 6.07) is 15.6. The molecule has 0 radical (unpaired) electrons. The number of rotatable bonds is 7. The summed E-state index contributed by atoms with van der Waals surface area (Å²) in [6.45, 7) is 3.98. The van der Waals surface area contributed by atoms with E-state index in [0.29, 0.717) is 37.3 Å². The third-order valence-electron chi connectivity index (χ3n) is 5.18. The number of nitrogens with one attached hydrogen (secondary N) is 2. The van der Waals surface area contributed by atoms with Crippen molar-refractivity contribution in [3.8, 4) is 0 Å². The largest absolute Gasteiger partial charge is 0.349 e. The number of likely N-dealkylation sites (tertiary alicyclic amines) is 1. The molecule has 0 saturated carbocycles. The van der Waals surface area contributed by atoms with Crippen LogP contribution in [0.15, 0.2) is 48.5 Å². The van der Waals surface area contributed by atoms with E-state index >= 15 is 0 Å². The molecule has 0 atom stereocenters. The van der Waals surface area contributed by atoms with Crippen molar-refractivity contribution in [3.05, 3.63) is 59.9 Å². The Hall–Kier alpha value is -3.48. The van der Waals surface area contributed by atoms with E-state index in [0.717, 1.165) is 24.0 Å². The minimum absolute atomic E-state index is 0.126. The third-order valence-corrected chi connectivity index (χ3v) is 5.18. The first-order valence-corrected chi connectivity index (χ1v) is 10.3. The van der Waals surface area contributed by atoms with Crippen molar-refractivity contribution in [2.75, 3.05) is 25.0 Å². The summed E-state index contributed by atoms with van der Waals surface area (Å²) in [6.07, 6.45) is 2.26. The van der Waals surface area contributed by atoms with Gasteiger partial charge in [-0.3, -0.25) is 9.59 Å². The van der Waals surface area contributed by atoms with Crippen LogP contribution in [0, 0.1) is 6.92 Å². The summed E-state index contributed by atoms with van der Waals surface area (Å²) >= 11 is 0. The van der Waals surface area contributed by atoms with Crippen molar-refractivity contribution in [1.82, 2.24) is 20.2 Å². The predicted octanol–water partition coefficient (Wildman–Crippen LogP) is 3.42. The Morgan fingerprint density at radius 1 is 1.10 bits per heavy atom. The van der Waals surface area contributed by atoms with E-state index in [2.05, 4.69) is 20.6 Å². The van der Waals surface area contributed by atoms with Gasteiger partial charge in [-0.05, 0) is 44.0 Å². The van der Waals surface area contributed by atoms with Crippen LogP contribution in [-0.2, 0) is 4.79 Å². The number of aryl methyl sites for hydroxylation is 1. The first-order chi connectivity index (χ1) is 14.6. The van der Waals surface area contributed by atoms with Gasteiger partial charge >= 0.3 is 0 Å². The minimum atomic E-state index is -0.319. The fourth-order valence-electron chi connectivity index (χ4n) is 3.54. The first kappa shape index (κ1) is 19.8. The zero-order chi connectivity index (χ0) is 20.9. The molecule has 0 bridgehead atoms. The van der Waals surface area contributed by atoms with Crippen molar-refractivity contribution >= 4 is 34.2 Å². The van der Waals surface area contributed by atoms with Gasteiger partial charge in [-0.25, -0.2) is 9.97 Å². The van der Waals surface area contributed by atoms with Crippen molar-refractivity contribution in [2.24, 2.45) is 0 Å². The van der Waals surface area contributed by atoms with Gasteiger partial charge in [-0.2, -0.15) is 0 Å². The van der Waals surface area contributed by atoms with E-state index in [9.17, 15) is 9.59 Å². The molecule has 7 heteroatoms. The molecular formula is C23H25N5O2. The van der Waals surface area contributed by atoms with Crippen molar-refractivity contribution < 1.29 is 9.59 Å². The molecule has 7 nitrogen and oxygen atoms in total. The molecule has 2 N–H and O–H groups in total. The summed E-state index contributed by atoms with van der Waals surface area (Å²) in [4.78, 5) is 35.1. The van der Waals surface area contributed by atoms with E-state index in [1.807, 2.05) is 60.4 Å². The standard InChI is InChI=1S/C23H25N5O2/c1-16-9-11-17(12-10-16)25-21-18-6-2-3-7-19(18)26-22(27-21)23(30)24-13-5-15-28-14-4-8-20(28)29/h2-3,6-7,9-12H,4-5,8,13-15H2,1H3,(H,24,30)(H,25,26,27). The zero-order valence-corrected chi connectivity index (χ0v) is 17.0. The quantitative estimate of drug-likeness (QED) is 0.590. The van der Waals surface area contributed by atoms with Gasteiger partial charge in [0.1, 0.15) is 5.82 Å². The van der Waals surface area contributed by atoms with Gasteiger partial charge in [0.15, 0.2) is 0 Å². The molecule has 30 heavy (non-hydrogen) atoms. The summed E-state index contributed by atoms with van der Waals surface area (Å²) < 4.78 is 0. The molecule has 0 aliphatic carbocycles. The maximum Gasteiger partial charge on any atom is 0.289 e. The summed E-state index contributed by atoms with van der Waals surface area (Å²) in [5.74, 6) is 0.601. The monoisotopic (exact) mass is 403 g/mol. The highest BCUT2D eigenvalue weighted by Crippen LogP contribution is 2.24. The van der Waals surface area contributed by atoms with Crippen LogP contribution in [0.25, 0.3) is 10.9 Å². The van der Waals surface area contributed by atoms with Gasteiger partial charge in [0.05, 0.1) is 5.52 Å². The van der Waals surface area contributed by atoms with Crippen molar-refractivity contribution in [2.45, 2.75) is 26.2 Å². The molecule has 154 valence electrons. The molecule has 2 heterocycles. The minimum Gasteiger partial charge on any atom is -0.349 e. The smallest absolute Gasteiger partial charge is 0.289 e. The highest BCUT2D eigenvalue weighted by Gasteiger charge is 2.19. The Morgan fingerprint density at radius 3 is 2.67 bits per heavy atom. The highest BCUT2D eigenvalue weighted by molar-refractivity contribution is 5.97. The molecule has 2 aromatic carbocycles. The van der Waals surface area contributed by atoms with Crippen LogP contribution >= 0.6 is 0 Å². The van der Waals surface area contributed by atoms with Gasteiger partial charge in [-0.15, -0.1) is 0 Å². The number of para-hydroxylation sites is 1. The van der Waals surface area contributed by atoms with Crippen LogP contribution < -0.4 is 10.6 Å². The average Bonchev–Trinajstić information content (AvgIpc) is 3.17. The molecule has 0 spiro atoms. The van der Waals surface area contributed by atoms with E-state index in [1.165, 1.54) is 5.56 Å². The lowest BCUT2D eigenvalue weighted by Gasteiger charge is -2.15. The number of anilines is 2. The number of carbonyl (C=O) groups is 2. The number of benzene rings is 2. The molecule has 4 rings (SSSR count). The summed E-state index contributed by atoms with van der Waals surface area (Å²) in [7, 11) is 0. The second-order valence-electron chi connectivity index (χ2n) is 7.50. The molecule has 2 amide bonds. The lowest BCUT2D eigenvalue weighted by molar-refractivity contribution is -0.127. The molecule has 1 saturated heterocycles. The maximum atomic E-state index is 12.7. The molecular weight excluding hydrogens is 378 g/mol. The van der Waals surface area contributed by atoms with Gasteiger partial charge in [0, 0.05) is 37.1 Å². The molecule has 1 aliphatic heterocycles. The Morgan fingerprint density at radius 2 is 1.90 bits per heavy atom. The molecule has 1 fully saturated rings. The fraction of sp³-hybridized carbons (Fsp3) is 0.304. The van der Waals surface area contributed by atoms with Gasteiger partial charge in [0.2, 0.25) is 11.7 Å². The number of aromatic nitrogens is 2. The second-order valence-corrected chi connectivity index (χ2v) is 7.50. The Kier molecular flexibility index (Phi) is 5.88. The van der Waals surface area contributed by atoms with Crippen LogP contribution in [0.5, 0.6) is 0 Å². The SMILES string of the molecule is Cc1ccc(Nc2nc(C(=O)NCCCN3CCCC3=O)nc3ccccc23)cc1. The maximum absolute atomic E-state index is 12.7. The second kappa shape index (κ2) is 8.90. The van der Waals surface area contributed by atoms with Gasteiger partial charge < -0.3 is 15.5 Å². The number of amides is 2. The molecule has 1 aliphatic rings. The van der Waals surface area contributed by atoms with Crippen LogP contribution in [0.2, 0.25) is 0 Å². The third kappa shape index (κ3) is 4.56. The highest BCUT2D eigenvalue weighted by atomic mass is 16.2. The van der Waals surface area contributed by atoms with E-state index in [-0.39, 0.29) is 17.6 Å². The number of hydrogen-bond acceptors (Lipinski definition) is 5. The molecule has 0 unspecified atom stereocenters. The fourth-order valence-corrected chi connectivity index (χ4v) is 3.54. The van der Waals surface area contributed by atoms with Crippen LogP contribution in [0.3, 0.4) is 0 Å². The summed E-state index contributed by atoms with van der Waals surface area (Å²) in [5.41, 5.74) is 2.77. The van der Waals surface area contributed by atoms with Gasteiger partial charge in [-0.1, -0.05) is 29.8 Å². The molecule has 1 aromatic heterocycles. The Bertz CT molecular complexity index is 1060. The average molecular weight is 403 g/mol. The van der Waals surface area contributed by atoms with Crippen molar-refractivity contribution in [3.63, 3.8) is 0 Å². The van der Waals surface area contributed by atoms with Crippen LogP contribution in [0.4, 0.5) is 11.5 Å². The van der Waals surface area contributed by atoms with E-state index in [1.54, 1.807) is 0 Å². The zero-order valence-electron chi connectivity index (χ0n) is 17.0. The first-order valence-electron chi connectivity index (χ1n) is 10.3. The van der Waals surface area contributed by atoms with E-state index < -0.39 is 0 Å². The van der Waals surface area contributed by atoms with Crippen LogP contribution in [-0.4, -0.2) is 46.3 Å². The normalized spacial score (nSPS) is 13.6. The van der Waals surface area contributed by atoms with Gasteiger partial charge in [0.25, 0.3) is 5.91 Å². The predicted molar refractivity (Wildman–Crippen MR) is 117 cm³/mol. The lowest BCUT2D eigenvalue weighted by atomic mass is 10.2. The number of fused-ring (bicyclic) bond motifs is 1. The van der Waals surface area contributed by atoms with E-state index in [4.69, 9.17) is 0 Å². The molecule has 3 aromatic rings. The number of nitrogens with zero attached hydrogens (tertiary/aromatic N) is 3. The Balaban J connectivity index is 1.47. The number of carbonyl (C=O) groups excluding carboxylic acids is 2. The summed E-state index contributed by atoms with van der Waals surface area (Å²) in [5, 5.41) is 7.02. The number of hydrogen-bond donors (Lipinski definition) is 2. The lowest BCUT2D eigenvalue weighted by Crippen LogP contribution is -2.31. The Labute approximate surface area is 175 Å². The topological polar surface area (TPSA) is 87.2 Å². The van der Waals surface area contributed by atoms with Crippen molar-refractivity contribution in [1.29, 1.82) is 0 Å².